The zero-order valence-electron chi connectivity index (χ0n) is 15.9. The first kappa shape index (κ1) is 19.8. The smallest absolute Gasteiger partial charge is 0.244 e. The maximum Gasteiger partial charge on any atom is 0.244 e. The molecule has 0 saturated heterocycles. The number of rotatable bonds is 5. The van der Waals surface area contributed by atoms with Gasteiger partial charge >= 0.3 is 0 Å². The molecule has 1 amide bonds. The number of para-hydroxylation sites is 2. The third-order valence-electron chi connectivity index (χ3n) is 4.79. The molecule has 0 fully saturated rings. The quantitative estimate of drug-likeness (QED) is 0.483. The molecule has 0 aliphatic heterocycles. The van der Waals surface area contributed by atoms with Crippen LogP contribution in [-0.4, -0.2) is 18.9 Å². The van der Waals surface area contributed by atoms with E-state index in [0.717, 1.165) is 0 Å². The Morgan fingerprint density at radius 1 is 0.867 bits per heavy atom. The average molecular weight is 421 g/mol. The van der Waals surface area contributed by atoms with E-state index in [1.54, 1.807) is 48.5 Å². The highest BCUT2D eigenvalue weighted by Crippen LogP contribution is 2.19. The second-order valence-corrected chi connectivity index (χ2v) is 8.62. The third-order valence-corrected chi connectivity index (χ3v) is 5.52. The number of fused-ring (bicyclic) bond motifs is 2. The van der Waals surface area contributed by atoms with Crippen LogP contribution >= 0.6 is 0 Å². The summed E-state index contributed by atoms with van der Waals surface area (Å²) in [5, 5.41) is 8.96. The van der Waals surface area contributed by atoms with Crippen LogP contribution in [0.25, 0.3) is 21.8 Å². The summed E-state index contributed by atoms with van der Waals surface area (Å²) in [6, 6.07) is 20.8. The van der Waals surface area contributed by atoms with E-state index in [1.807, 2.05) is 28.8 Å². The second-order valence-electron chi connectivity index (χ2n) is 7.00. The molecule has 4 rings (SSSR count). The summed E-state index contributed by atoms with van der Waals surface area (Å²) in [7, 11) is -3.62. The molecule has 0 atom stereocenters. The molecule has 0 unspecified atom stereocenters. The predicted octanol–water partition coefficient (Wildman–Crippen LogP) is 2.58. The summed E-state index contributed by atoms with van der Waals surface area (Å²) >= 11 is 0. The van der Waals surface area contributed by atoms with Crippen molar-refractivity contribution in [2.24, 2.45) is 5.14 Å². The van der Waals surface area contributed by atoms with E-state index >= 15 is 0 Å². The highest BCUT2D eigenvalue weighted by Gasteiger charge is 2.13. The van der Waals surface area contributed by atoms with Crippen molar-refractivity contribution in [1.29, 1.82) is 0 Å². The van der Waals surface area contributed by atoms with Crippen molar-refractivity contribution in [2.45, 2.75) is 12.3 Å². The number of nitrogens with two attached hydrogens (primary N) is 1. The maximum atomic E-state index is 12.8. The Balaban J connectivity index is 1.65. The molecule has 0 spiro atoms. The van der Waals surface area contributed by atoms with Gasteiger partial charge in [0.25, 0.3) is 0 Å². The number of carbonyl (C=O) groups is 1. The molecule has 0 bridgehead atoms. The summed E-state index contributed by atoms with van der Waals surface area (Å²) in [4.78, 5) is 25.5. The van der Waals surface area contributed by atoms with Gasteiger partial charge in [0.15, 0.2) is 5.43 Å². The Bertz CT molecular complexity index is 1360. The van der Waals surface area contributed by atoms with Crippen molar-refractivity contribution in [2.75, 3.05) is 5.32 Å². The number of benzene rings is 3. The molecule has 4 aromatic rings. The van der Waals surface area contributed by atoms with Crippen LogP contribution in [0.4, 0.5) is 5.69 Å². The van der Waals surface area contributed by atoms with Crippen molar-refractivity contribution in [3.63, 3.8) is 0 Å². The number of nitrogens with zero attached hydrogens (tertiary/aromatic N) is 1. The van der Waals surface area contributed by atoms with Gasteiger partial charge in [-0.15, -0.1) is 0 Å². The monoisotopic (exact) mass is 421 g/mol. The first-order valence-electron chi connectivity index (χ1n) is 9.21. The van der Waals surface area contributed by atoms with Crippen LogP contribution in [0, 0.1) is 0 Å². The normalized spacial score (nSPS) is 11.6. The standard InChI is InChI=1S/C22H19N3O4S/c23-30(28,29)14-15-9-11-16(12-10-15)24-21(26)13-25-19-7-3-1-5-17(19)22(27)18-6-2-4-8-20(18)25/h1-12H,13-14H2,(H,24,26)(H2,23,28,29). The lowest BCUT2D eigenvalue weighted by molar-refractivity contribution is -0.116. The van der Waals surface area contributed by atoms with Gasteiger partial charge in [0, 0.05) is 16.5 Å². The molecule has 0 aliphatic carbocycles. The summed E-state index contributed by atoms with van der Waals surface area (Å²) in [6.07, 6.45) is 0. The maximum absolute atomic E-state index is 12.8. The Morgan fingerprint density at radius 2 is 1.40 bits per heavy atom. The first-order chi connectivity index (χ1) is 14.3. The number of nitrogens with one attached hydrogen (secondary N) is 1. The molecule has 0 radical (unpaired) electrons. The fourth-order valence-electron chi connectivity index (χ4n) is 3.51. The molecular formula is C22H19N3O4S. The van der Waals surface area contributed by atoms with Crippen molar-refractivity contribution in [1.82, 2.24) is 4.57 Å². The third kappa shape index (κ3) is 4.10. The molecule has 7 nitrogen and oxygen atoms in total. The lowest BCUT2D eigenvalue weighted by Crippen LogP contribution is -2.21. The van der Waals surface area contributed by atoms with Gasteiger partial charge in [-0.1, -0.05) is 36.4 Å². The molecule has 0 saturated carbocycles. The van der Waals surface area contributed by atoms with Crippen LogP contribution in [0.3, 0.4) is 0 Å². The number of primary sulfonamides is 1. The van der Waals surface area contributed by atoms with Gasteiger partial charge in [-0.05, 0) is 42.0 Å². The van der Waals surface area contributed by atoms with E-state index in [4.69, 9.17) is 5.14 Å². The second kappa shape index (κ2) is 7.74. The number of amides is 1. The van der Waals surface area contributed by atoms with Crippen LogP contribution in [-0.2, 0) is 27.1 Å². The van der Waals surface area contributed by atoms with E-state index in [0.29, 0.717) is 33.1 Å². The molecule has 1 heterocycles. The highest BCUT2D eigenvalue weighted by atomic mass is 32.2. The van der Waals surface area contributed by atoms with Gasteiger partial charge in [0.1, 0.15) is 6.54 Å². The average Bonchev–Trinajstić information content (AvgIpc) is 2.71. The molecule has 3 aromatic carbocycles. The van der Waals surface area contributed by atoms with E-state index in [2.05, 4.69) is 5.32 Å². The largest absolute Gasteiger partial charge is 0.331 e. The first-order valence-corrected chi connectivity index (χ1v) is 10.9. The zero-order valence-corrected chi connectivity index (χ0v) is 16.7. The lowest BCUT2D eigenvalue weighted by atomic mass is 10.1. The van der Waals surface area contributed by atoms with Crippen molar-refractivity contribution in [3.8, 4) is 0 Å². The minimum Gasteiger partial charge on any atom is -0.331 e. The van der Waals surface area contributed by atoms with E-state index in [9.17, 15) is 18.0 Å². The summed E-state index contributed by atoms with van der Waals surface area (Å²) < 4.78 is 24.2. The van der Waals surface area contributed by atoms with Gasteiger partial charge in [0.2, 0.25) is 15.9 Å². The zero-order chi connectivity index (χ0) is 21.3. The predicted molar refractivity (Wildman–Crippen MR) is 118 cm³/mol. The molecule has 152 valence electrons. The number of anilines is 1. The van der Waals surface area contributed by atoms with E-state index in [-0.39, 0.29) is 23.6 Å². The fourth-order valence-corrected chi connectivity index (χ4v) is 4.17. The topological polar surface area (TPSA) is 111 Å². The molecule has 30 heavy (non-hydrogen) atoms. The van der Waals surface area contributed by atoms with Gasteiger partial charge in [-0.3, -0.25) is 9.59 Å². The van der Waals surface area contributed by atoms with Crippen molar-refractivity contribution < 1.29 is 13.2 Å². The summed E-state index contributed by atoms with van der Waals surface area (Å²) in [5.41, 5.74) is 2.36. The van der Waals surface area contributed by atoms with Gasteiger partial charge < -0.3 is 9.88 Å². The number of aromatic nitrogens is 1. The van der Waals surface area contributed by atoms with Crippen LogP contribution in [0.5, 0.6) is 0 Å². The highest BCUT2D eigenvalue weighted by molar-refractivity contribution is 7.88. The van der Waals surface area contributed by atoms with Gasteiger partial charge in [0.05, 0.1) is 16.8 Å². The summed E-state index contributed by atoms with van der Waals surface area (Å²) in [5.74, 6) is -0.537. The van der Waals surface area contributed by atoms with E-state index in [1.165, 1.54) is 0 Å². The number of sulfonamides is 1. The number of hydrogen-bond donors (Lipinski definition) is 2. The molecule has 8 heteroatoms. The number of pyridine rings is 1. The molecule has 3 N–H and O–H groups in total. The Labute approximate surface area is 172 Å². The Hall–Kier alpha value is -3.49. The lowest BCUT2D eigenvalue weighted by Gasteiger charge is -2.15. The molecular weight excluding hydrogens is 402 g/mol. The van der Waals surface area contributed by atoms with E-state index < -0.39 is 10.0 Å². The molecule has 0 aliphatic rings. The number of hydrogen-bond acceptors (Lipinski definition) is 4. The number of carbonyl (C=O) groups excluding carboxylic acids is 1. The van der Waals surface area contributed by atoms with Crippen LogP contribution in [0.2, 0.25) is 0 Å². The van der Waals surface area contributed by atoms with Crippen molar-refractivity contribution >= 4 is 43.4 Å². The van der Waals surface area contributed by atoms with Gasteiger partial charge in [-0.2, -0.15) is 0 Å². The van der Waals surface area contributed by atoms with Crippen LogP contribution < -0.4 is 15.9 Å². The van der Waals surface area contributed by atoms with Crippen molar-refractivity contribution in [3.05, 3.63) is 88.6 Å². The molecule has 1 aromatic heterocycles. The minimum atomic E-state index is -3.62. The Kier molecular flexibility index (Phi) is 5.11. The van der Waals surface area contributed by atoms with Crippen LogP contribution in [0.15, 0.2) is 77.6 Å². The minimum absolute atomic E-state index is 0.0141. The Morgan fingerprint density at radius 3 is 1.93 bits per heavy atom. The van der Waals surface area contributed by atoms with Crippen LogP contribution in [0.1, 0.15) is 5.56 Å². The summed E-state index contributed by atoms with van der Waals surface area (Å²) in [6.45, 7) is 0.0141. The SMILES string of the molecule is NS(=O)(=O)Cc1ccc(NC(=O)Cn2c3ccccc3c(=O)c3ccccc32)cc1. The van der Waals surface area contributed by atoms with Gasteiger partial charge in [-0.25, -0.2) is 13.6 Å². The fraction of sp³-hybridized carbons (Fsp3) is 0.0909.